The Kier molecular flexibility index (Phi) is 7.36. The van der Waals surface area contributed by atoms with Gasteiger partial charge in [0, 0.05) is 18.2 Å². The van der Waals surface area contributed by atoms with Crippen LogP contribution in [0.25, 0.3) is 11.1 Å². The van der Waals surface area contributed by atoms with E-state index in [1.807, 2.05) is 58.0 Å². The van der Waals surface area contributed by atoms with Gasteiger partial charge in [0.05, 0.1) is 17.9 Å². The topological polar surface area (TPSA) is 77.8 Å². The number of carbonyl (C=O) groups is 1. The third-order valence-corrected chi connectivity index (χ3v) is 6.66. The van der Waals surface area contributed by atoms with Crippen LogP contribution in [0.1, 0.15) is 61.2 Å². The molecule has 0 saturated carbocycles. The van der Waals surface area contributed by atoms with Crippen molar-refractivity contribution in [2.45, 2.75) is 65.1 Å². The molecule has 1 N–H and O–H groups in total. The molecule has 2 aromatic carbocycles. The Morgan fingerprint density at radius 1 is 1.14 bits per heavy atom. The summed E-state index contributed by atoms with van der Waals surface area (Å²) in [6.45, 7) is 8.07. The number of carboxylic acids is 1. The number of aromatic nitrogens is 1. The molecule has 0 amide bonds. The van der Waals surface area contributed by atoms with E-state index >= 15 is 0 Å². The first kappa shape index (κ1) is 25.7. The number of nitrogens with zero attached hydrogens (tertiary/aromatic N) is 1. The van der Waals surface area contributed by atoms with Gasteiger partial charge in [-0.05, 0) is 87.8 Å². The van der Waals surface area contributed by atoms with Crippen molar-refractivity contribution < 1.29 is 19.4 Å². The lowest BCUT2D eigenvalue weighted by Crippen LogP contribution is -2.34. The lowest BCUT2D eigenvalue weighted by molar-refractivity contribution is -0.161. The van der Waals surface area contributed by atoms with Gasteiger partial charge in [-0.15, -0.1) is 0 Å². The van der Waals surface area contributed by atoms with E-state index in [9.17, 15) is 14.7 Å². The molecular weight excluding hydrogens is 454 g/mol. The second kappa shape index (κ2) is 10.3. The molecular formula is C30H35NO5. The van der Waals surface area contributed by atoms with Crippen LogP contribution in [0.5, 0.6) is 5.75 Å². The normalized spacial score (nSPS) is 14.1. The number of aryl methyl sites for hydroxylation is 2. The maximum atomic E-state index is 13.6. The number of ether oxygens (including phenoxy) is 2. The van der Waals surface area contributed by atoms with Crippen molar-refractivity contribution in [2.24, 2.45) is 7.05 Å². The summed E-state index contributed by atoms with van der Waals surface area (Å²) in [4.78, 5) is 26.1. The highest BCUT2D eigenvalue weighted by Gasteiger charge is 2.33. The summed E-state index contributed by atoms with van der Waals surface area (Å²) >= 11 is 0. The van der Waals surface area contributed by atoms with Crippen LogP contribution in [-0.2, 0) is 35.8 Å². The Hall–Kier alpha value is -3.38. The van der Waals surface area contributed by atoms with Crippen LogP contribution < -0.4 is 10.3 Å². The maximum absolute atomic E-state index is 13.6. The van der Waals surface area contributed by atoms with E-state index < -0.39 is 17.7 Å². The van der Waals surface area contributed by atoms with E-state index in [4.69, 9.17) is 9.47 Å². The number of hydrogen-bond acceptors (Lipinski definition) is 4. The Bertz CT molecular complexity index is 1320. The van der Waals surface area contributed by atoms with Gasteiger partial charge in [0.1, 0.15) is 5.75 Å². The van der Waals surface area contributed by atoms with Crippen molar-refractivity contribution in [3.05, 3.63) is 86.8 Å². The van der Waals surface area contributed by atoms with E-state index in [2.05, 4.69) is 18.2 Å². The first-order valence-electron chi connectivity index (χ1n) is 12.5. The minimum atomic E-state index is -1.30. The molecule has 2 heterocycles. The van der Waals surface area contributed by atoms with Crippen molar-refractivity contribution in [1.29, 1.82) is 0 Å². The molecule has 1 atom stereocenters. The summed E-state index contributed by atoms with van der Waals surface area (Å²) in [6, 6.07) is 16.0. The van der Waals surface area contributed by atoms with Crippen LogP contribution in [-0.4, -0.2) is 27.9 Å². The number of benzene rings is 2. The van der Waals surface area contributed by atoms with Gasteiger partial charge in [0.15, 0.2) is 6.10 Å². The molecule has 1 aromatic heterocycles. The summed E-state index contributed by atoms with van der Waals surface area (Å²) < 4.78 is 13.3. The van der Waals surface area contributed by atoms with Crippen molar-refractivity contribution >= 4 is 5.97 Å². The molecule has 6 nitrogen and oxygen atoms in total. The minimum Gasteiger partial charge on any atom is -0.493 e. The number of fused-ring (bicyclic) bond motifs is 1. The average Bonchev–Trinajstić information content (AvgIpc) is 2.84. The van der Waals surface area contributed by atoms with Crippen LogP contribution in [0.3, 0.4) is 0 Å². The van der Waals surface area contributed by atoms with E-state index in [0.717, 1.165) is 46.4 Å². The van der Waals surface area contributed by atoms with Gasteiger partial charge in [0.25, 0.3) is 5.56 Å². The summed E-state index contributed by atoms with van der Waals surface area (Å²) in [5, 5.41) is 10.2. The lowest BCUT2D eigenvalue weighted by atomic mass is 9.89. The van der Waals surface area contributed by atoms with Gasteiger partial charge in [-0.25, -0.2) is 4.79 Å². The minimum absolute atomic E-state index is 0.188. The highest BCUT2D eigenvalue weighted by atomic mass is 16.5. The summed E-state index contributed by atoms with van der Waals surface area (Å²) in [7, 11) is 1.65. The van der Waals surface area contributed by atoms with Gasteiger partial charge < -0.3 is 19.1 Å². The van der Waals surface area contributed by atoms with Crippen LogP contribution in [0.2, 0.25) is 0 Å². The van der Waals surface area contributed by atoms with Crippen molar-refractivity contribution in [2.75, 3.05) is 6.61 Å². The first-order chi connectivity index (χ1) is 17.1. The molecule has 190 valence electrons. The summed E-state index contributed by atoms with van der Waals surface area (Å²) in [6.07, 6.45) is 1.80. The molecule has 1 aliphatic heterocycles. The number of pyridine rings is 1. The molecule has 0 aliphatic carbocycles. The second-order valence-electron chi connectivity index (χ2n) is 10.4. The zero-order chi connectivity index (χ0) is 26.0. The Balaban J connectivity index is 1.93. The zero-order valence-corrected chi connectivity index (χ0v) is 21.8. The van der Waals surface area contributed by atoms with Crippen molar-refractivity contribution in [3.8, 4) is 16.9 Å². The molecule has 6 heteroatoms. The van der Waals surface area contributed by atoms with Gasteiger partial charge in [0.2, 0.25) is 0 Å². The molecule has 1 unspecified atom stereocenters. The Labute approximate surface area is 212 Å². The molecule has 0 bridgehead atoms. The maximum Gasteiger partial charge on any atom is 0.339 e. The fourth-order valence-corrected chi connectivity index (χ4v) is 4.96. The SMILES string of the molecule is Cc1c(-c2ccc3c(c2)CCCO3)c(C(OC(C)(C)C)C(=O)O)n(C)c(=O)c1CCc1ccccc1. The molecule has 3 aromatic rings. The van der Waals surface area contributed by atoms with Gasteiger partial charge >= 0.3 is 5.97 Å². The van der Waals surface area contributed by atoms with Crippen molar-refractivity contribution in [1.82, 2.24) is 4.57 Å². The second-order valence-corrected chi connectivity index (χ2v) is 10.4. The third-order valence-electron chi connectivity index (χ3n) is 6.66. The highest BCUT2D eigenvalue weighted by Crippen LogP contribution is 2.38. The smallest absolute Gasteiger partial charge is 0.339 e. The zero-order valence-electron chi connectivity index (χ0n) is 21.8. The molecule has 36 heavy (non-hydrogen) atoms. The monoisotopic (exact) mass is 489 g/mol. The van der Waals surface area contributed by atoms with Crippen LogP contribution >= 0.6 is 0 Å². The van der Waals surface area contributed by atoms with Gasteiger partial charge in [-0.2, -0.15) is 0 Å². The lowest BCUT2D eigenvalue weighted by Gasteiger charge is -2.29. The average molecular weight is 490 g/mol. The van der Waals surface area contributed by atoms with Crippen LogP contribution in [0.15, 0.2) is 53.3 Å². The molecule has 0 fully saturated rings. The summed E-state index contributed by atoms with van der Waals surface area (Å²) in [5.74, 6) is -0.266. The first-order valence-corrected chi connectivity index (χ1v) is 12.5. The van der Waals surface area contributed by atoms with Gasteiger partial charge in [-0.3, -0.25) is 4.79 Å². The number of hydrogen-bond donors (Lipinski definition) is 1. The van der Waals surface area contributed by atoms with Gasteiger partial charge in [-0.1, -0.05) is 36.4 Å². The Morgan fingerprint density at radius 2 is 1.86 bits per heavy atom. The molecule has 0 spiro atoms. The van der Waals surface area contributed by atoms with E-state index in [0.29, 0.717) is 30.7 Å². The predicted molar refractivity (Wildman–Crippen MR) is 141 cm³/mol. The standard InChI is InChI=1S/C30H35NO5/c1-19-23(15-13-20-10-7-6-8-11-20)28(32)31(5)26(27(29(33)34)36-30(2,3)4)25(19)22-14-16-24-21(18-22)12-9-17-35-24/h6-8,10-11,14,16,18,27H,9,12-13,15,17H2,1-5H3,(H,33,34). The van der Waals surface area contributed by atoms with Crippen molar-refractivity contribution in [3.63, 3.8) is 0 Å². The quantitative estimate of drug-likeness (QED) is 0.480. The fraction of sp³-hybridized carbons (Fsp3) is 0.400. The van der Waals surface area contributed by atoms with Crippen LogP contribution in [0.4, 0.5) is 0 Å². The number of rotatable bonds is 7. The number of aliphatic carboxylic acids is 1. The number of carboxylic acid groups (broad SMARTS) is 1. The van der Waals surface area contributed by atoms with E-state index in [-0.39, 0.29) is 5.56 Å². The third kappa shape index (κ3) is 5.39. The largest absolute Gasteiger partial charge is 0.493 e. The Morgan fingerprint density at radius 3 is 2.53 bits per heavy atom. The predicted octanol–water partition coefficient (Wildman–Crippen LogP) is 5.41. The molecule has 1 aliphatic rings. The van der Waals surface area contributed by atoms with E-state index in [1.165, 1.54) is 4.57 Å². The highest BCUT2D eigenvalue weighted by molar-refractivity contribution is 5.81. The fourth-order valence-electron chi connectivity index (χ4n) is 4.96. The summed E-state index contributed by atoms with van der Waals surface area (Å²) in [5.41, 5.74) is 4.78. The molecule has 4 rings (SSSR count). The van der Waals surface area contributed by atoms with Crippen LogP contribution in [0, 0.1) is 6.92 Å². The molecule has 0 saturated heterocycles. The van der Waals surface area contributed by atoms with E-state index in [1.54, 1.807) is 7.05 Å². The molecule has 0 radical (unpaired) electrons.